The molecule has 4 aromatic rings. The lowest BCUT2D eigenvalue weighted by Crippen LogP contribution is -2.41. The number of hydrogen-bond donors (Lipinski definition) is 2. The standard InChI is InChI=1S/C37H44N4O13S2/c1-36(2,3)53-34(45)51-28-13-9-7-11-26(28)40(22-31(42)43)17-18-41(27-12-8-10-14-29(27)52-35(46)54-37(4,5)6)23-32(44)50-20-19-49-24-15-16-25-30(21-24)55-33(39-25)56(38,47)48/h7-16,21H,17-20,22-23H2,1-6H3,(H,42,43)(H2,38,47,48). The molecule has 0 bridgehead atoms. The summed E-state index contributed by atoms with van der Waals surface area (Å²) in [6.45, 7) is 8.86. The Kier molecular flexibility index (Phi) is 14.1. The van der Waals surface area contributed by atoms with Crippen molar-refractivity contribution in [2.24, 2.45) is 5.14 Å². The van der Waals surface area contributed by atoms with Crippen LogP contribution < -0.4 is 29.1 Å². The number of sulfonamides is 1. The zero-order valence-corrected chi connectivity index (χ0v) is 33.3. The minimum absolute atomic E-state index is 0.0241. The van der Waals surface area contributed by atoms with Crippen LogP contribution in [0.15, 0.2) is 71.1 Å². The topological polar surface area (TPSA) is 223 Å². The van der Waals surface area contributed by atoms with Crippen molar-refractivity contribution in [1.29, 1.82) is 0 Å². The fourth-order valence-corrected chi connectivity index (χ4v) is 6.60. The summed E-state index contributed by atoms with van der Waals surface area (Å²) in [6, 6.07) is 17.5. The van der Waals surface area contributed by atoms with Gasteiger partial charge in [0.1, 0.15) is 43.3 Å². The summed E-state index contributed by atoms with van der Waals surface area (Å²) in [5, 5.41) is 15.0. The number of hydrogen-bond acceptors (Lipinski definition) is 16. The number of esters is 1. The zero-order chi connectivity index (χ0) is 41.3. The van der Waals surface area contributed by atoms with E-state index in [-0.39, 0.29) is 60.1 Å². The minimum Gasteiger partial charge on any atom is -0.490 e. The average Bonchev–Trinajstić information content (AvgIpc) is 3.51. The Balaban J connectivity index is 1.53. The third-order valence-electron chi connectivity index (χ3n) is 7.06. The van der Waals surface area contributed by atoms with Gasteiger partial charge < -0.3 is 43.3 Å². The van der Waals surface area contributed by atoms with Crippen LogP contribution >= 0.6 is 11.3 Å². The number of anilines is 2. The average molecular weight is 817 g/mol. The van der Waals surface area contributed by atoms with Crippen LogP contribution in [-0.2, 0) is 33.8 Å². The Morgan fingerprint density at radius 2 is 1.29 bits per heavy atom. The number of carboxylic acid groups (broad SMARTS) is 1. The van der Waals surface area contributed by atoms with E-state index < -0.39 is 52.0 Å². The van der Waals surface area contributed by atoms with Gasteiger partial charge >= 0.3 is 24.2 Å². The van der Waals surface area contributed by atoms with Crippen molar-refractivity contribution >= 4 is 67.2 Å². The smallest absolute Gasteiger partial charge is 0.490 e. The molecule has 3 N–H and O–H groups in total. The van der Waals surface area contributed by atoms with Gasteiger partial charge in [-0.3, -0.25) is 9.59 Å². The summed E-state index contributed by atoms with van der Waals surface area (Å²) in [4.78, 5) is 57.6. The molecule has 0 radical (unpaired) electrons. The van der Waals surface area contributed by atoms with Gasteiger partial charge in [-0.25, -0.2) is 28.1 Å². The molecule has 0 saturated carbocycles. The number of carbonyl (C=O) groups is 4. The van der Waals surface area contributed by atoms with E-state index in [1.165, 1.54) is 21.9 Å². The number of ether oxygens (including phenoxy) is 6. The van der Waals surface area contributed by atoms with Crippen LogP contribution in [-0.4, -0.2) is 93.4 Å². The maximum absolute atomic E-state index is 13.3. The molecule has 1 heterocycles. The molecule has 1 aromatic heterocycles. The van der Waals surface area contributed by atoms with Gasteiger partial charge in [0.25, 0.3) is 10.0 Å². The Hall–Kier alpha value is -5.66. The molecular formula is C37H44N4O13S2. The summed E-state index contributed by atoms with van der Waals surface area (Å²) in [5.74, 6) is -1.41. The van der Waals surface area contributed by atoms with Crippen LogP contribution in [0.1, 0.15) is 41.5 Å². The highest BCUT2D eigenvalue weighted by Gasteiger charge is 2.25. The molecule has 0 aliphatic heterocycles. The molecule has 0 atom stereocenters. The number of nitrogens with zero attached hydrogens (tertiary/aromatic N) is 3. The van der Waals surface area contributed by atoms with Crippen LogP contribution in [0.25, 0.3) is 10.2 Å². The highest BCUT2D eigenvalue weighted by molar-refractivity contribution is 7.91. The normalized spacial score (nSPS) is 11.7. The molecule has 3 aromatic carbocycles. The van der Waals surface area contributed by atoms with Crippen molar-refractivity contribution in [3.05, 3.63) is 66.7 Å². The van der Waals surface area contributed by atoms with Gasteiger partial charge in [0.2, 0.25) is 4.34 Å². The van der Waals surface area contributed by atoms with E-state index in [1.807, 2.05) is 0 Å². The number of para-hydroxylation sites is 4. The Bertz CT molecular complexity index is 2140. The van der Waals surface area contributed by atoms with E-state index in [1.54, 1.807) is 96.1 Å². The number of aromatic nitrogens is 1. The first-order chi connectivity index (χ1) is 26.2. The monoisotopic (exact) mass is 816 g/mol. The van der Waals surface area contributed by atoms with Gasteiger partial charge in [0, 0.05) is 13.1 Å². The SMILES string of the molecule is CC(C)(C)OC(=O)Oc1ccccc1N(CCN(CC(=O)OCCOc1ccc2nc(S(N)(=O)=O)sc2c1)c1ccccc1OC(=O)OC(C)(C)C)CC(=O)O. The third-order valence-corrected chi connectivity index (χ3v) is 9.40. The van der Waals surface area contributed by atoms with Gasteiger partial charge in [-0.2, -0.15) is 0 Å². The fourth-order valence-electron chi connectivity index (χ4n) is 4.92. The third kappa shape index (κ3) is 13.6. The number of aliphatic carboxylic acids is 1. The quantitative estimate of drug-likeness (QED) is 0.0608. The second kappa shape index (κ2) is 18.3. The van der Waals surface area contributed by atoms with Crippen molar-refractivity contribution in [3.63, 3.8) is 0 Å². The summed E-state index contributed by atoms with van der Waals surface area (Å²) in [6.07, 6.45) is -1.97. The maximum Gasteiger partial charge on any atom is 0.514 e. The molecule has 56 heavy (non-hydrogen) atoms. The van der Waals surface area contributed by atoms with E-state index in [0.29, 0.717) is 16.0 Å². The van der Waals surface area contributed by atoms with Gasteiger partial charge in [-0.15, -0.1) is 11.3 Å². The zero-order valence-electron chi connectivity index (χ0n) is 31.7. The van der Waals surface area contributed by atoms with Crippen molar-refractivity contribution in [2.75, 3.05) is 49.2 Å². The van der Waals surface area contributed by atoms with E-state index >= 15 is 0 Å². The molecule has 0 aliphatic rings. The molecule has 0 unspecified atom stereocenters. The molecule has 19 heteroatoms. The van der Waals surface area contributed by atoms with Crippen molar-refractivity contribution in [2.45, 2.75) is 57.1 Å². The van der Waals surface area contributed by atoms with E-state index in [4.69, 9.17) is 33.6 Å². The van der Waals surface area contributed by atoms with E-state index in [0.717, 1.165) is 11.3 Å². The first-order valence-electron chi connectivity index (χ1n) is 17.1. The van der Waals surface area contributed by atoms with Gasteiger partial charge in [0.05, 0.1) is 21.6 Å². The van der Waals surface area contributed by atoms with Gasteiger partial charge in [-0.05, 0) is 84.0 Å². The largest absolute Gasteiger partial charge is 0.514 e. The summed E-state index contributed by atoms with van der Waals surface area (Å²) >= 11 is 0.890. The first-order valence-corrected chi connectivity index (χ1v) is 19.5. The molecular weight excluding hydrogens is 773 g/mol. The summed E-state index contributed by atoms with van der Waals surface area (Å²) in [5.41, 5.74) is -0.728. The molecule has 0 amide bonds. The van der Waals surface area contributed by atoms with Gasteiger partial charge in [-0.1, -0.05) is 24.3 Å². The van der Waals surface area contributed by atoms with Crippen LogP contribution in [0, 0.1) is 0 Å². The predicted molar refractivity (Wildman–Crippen MR) is 206 cm³/mol. The lowest BCUT2D eigenvalue weighted by molar-refractivity contribution is -0.142. The second-order valence-electron chi connectivity index (χ2n) is 14.0. The molecule has 0 saturated heterocycles. The number of benzene rings is 3. The van der Waals surface area contributed by atoms with Crippen molar-refractivity contribution < 1.29 is 61.1 Å². The second-order valence-corrected chi connectivity index (χ2v) is 16.8. The highest BCUT2D eigenvalue weighted by Crippen LogP contribution is 2.32. The Labute approximate surface area is 327 Å². The number of carbonyl (C=O) groups excluding carboxylic acids is 3. The van der Waals surface area contributed by atoms with Crippen LogP contribution in [0.3, 0.4) is 0 Å². The molecule has 302 valence electrons. The first kappa shape index (κ1) is 43.1. The minimum atomic E-state index is -3.97. The number of thiazole rings is 1. The number of nitrogens with two attached hydrogens (primary N) is 1. The Morgan fingerprint density at radius 3 is 1.79 bits per heavy atom. The number of primary sulfonamides is 1. The summed E-state index contributed by atoms with van der Waals surface area (Å²) in [7, 11) is -3.97. The van der Waals surface area contributed by atoms with Crippen molar-refractivity contribution in [1.82, 2.24) is 4.98 Å². The maximum atomic E-state index is 13.3. The predicted octanol–water partition coefficient (Wildman–Crippen LogP) is 5.59. The van der Waals surface area contributed by atoms with Crippen molar-refractivity contribution in [3.8, 4) is 17.2 Å². The van der Waals surface area contributed by atoms with E-state index in [2.05, 4.69) is 4.98 Å². The van der Waals surface area contributed by atoms with Crippen LogP contribution in [0.5, 0.6) is 17.2 Å². The lowest BCUT2D eigenvalue weighted by atomic mass is 10.2. The van der Waals surface area contributed by atoms with Crippen LogP contribution in [0.2, 0.25) is 0 Å². The molecule has 0 spiro atoms. The number of fused-ring (bicyclic) bond motifs is 1. The Morgan fingerprint density at radius 1 is 0.768 bits per heavy atom. The number of rotatable bonds is 16. The fraction of sp³-hybridized carbons (Fsp3) is 0.378. The van der Waals surface area contributed by atoms with Gasteiger partial charge in [0.15, 0.2) is 11.5 Å². The number of carboxylic acids is 1. The van der Waals surface area contributed by atoms with Crippen LogP contribution in [0.4, 0.5) is 21.0 Å². The molecule has 0 fully saturated rings. The van der Waals surface area contributed by atoms with E-state index in [9.17, 15) is 32.7 Å². The lowest BCUT2D eigenvalue weighted by Gasteiger charge is -2.30. The molecule has 17 nitrogen and oxygen atoms in total. The molecule has 0 aliphatic carbocycles. The summed E-state index contributed by atoms with van der Waals surface area (Å²) < 4.78 is 56.5. The highest BCUT2D eigenvalue weighted by atomic mass is 32.2. The molecule has 4 rings (SSSR count).